The van der Waals surface area contributed by atoms with Gasteiger partial charge in [-0.3, -0.25) is 4.79 Å². The van der Waals surface area contributed by atoms with Crippen LogP contribution in [0.1, 0.15) is 24.2 Å². The molecule has 94 valence electrons. The fourth-order valence-electron chi connectivity index (χ4n) is 1.90. The van der Waals surface area contributed by atoms with Crippen LogP contribution in [-0.4, -0.2) is 37.5 Å². The Labute approximate surface area is 104 Å². The summed E-state index contributed by atoms with van der Waals surface area (Å²) < 4.78 is 0. The quantitative estimate of drug-likeness (QED) is 0.845. The van der Waals surface area contributed by atoms with Crippen molar-refractivity contribution < 1.29 is 4.79 Å². The molecule has 0 aliphatic rings. The Balaban J connectivity index is 2.53. The number of benzene rings is 1. The van der Waals surface area contributed by atoms with Crippen molar-refractivity contribution in [3.05, 3.63) is 35.9 Å². The van der Waals surface area contributed by atoms with Crippen molar-refractivity contribution in [1.29, 1.82) is 0 Å². The number of amides is 1. The molecule has 0 bridgehead atoms. The standard InChI is InChI=1S/C14H22N2O/c1-11(2)13(16(3)4)10-15-14(17)12-8-6-5-7-9-12/h5-9,11,13H,10H2,1-4H3,(H,15,17). The van der Waals surface area contributed by atoms with E-state index >= 15 is 0 Å². The summed E-state index contributed by atoms with van der Waals surface area (Å²) in [4.78, 5) is 14.0. The molecule has 0 heterocycles. The molecule has 1 aromatic rings. The molecule has 0 aliphatic carbocycles. The van der Waals surface area contributed by atoms with E-state index in [1.54, 1.807) is 0 Å². The number of carbonyl (C=O) groups excluding carboxylic acids is 1. The lowest BCUT2D eigenvalue weighted by Crippen LogP contribution is -2.43. The van der Waals surface area contributed by atoms with Crippen molar-refractivity contribution in [2.24, 2.45) is 5.92 Å². The van der Waals surface area contributed by atoms with Crippen LogP contribution in [0.3, 0.4) is 0 Å². The number of hydrogen-bond acceptors (Lipinski definition) is 2. The van der Waals surface area contributed by atoms with E-state index in [0.29, 0.717) is 24.1 Å². The SMILES string of the molecule is CC(C)C(CNC(=O)c1ccccc1)N(C)C. The monoisotopic (exact) mass is 234 g/mol. The molecule has 0 aliphatic heterocycles. The molecule has 1 N–H and O–H groups in total. The van der Waals surface area contributed by atoms with Gasteiger partial charge in [-0.2, -0.15) is 0 Å². The number of rotatable bonds is 5. The minimum Gasteiger partial charge on any atom is -0.350 e. The third-order valence-corrected chi connectivity index (χ3v) is 2.94. The Kier molecular flexibility index (Phi) is 5.16. The lowest BCUT2D eigenvalue weighted by molar-refractivity contribution is 0.0934. The Morgan fingerprint density at radius 1 is 1.24 bits per heavy atom. The Hall–Kier alpha value is -1.35. The maximum atomic E-state index is 11.9. The Bertz CT molecular complexity index is 338. The van der Waals surface area contributed by atoms with Crippen LogP contribution in [0.4, 0.5) is 0 Å². The fraction of sp³-hybridized carbons (Fsp3) is 0.500. The average Bonchev–Trinajstić information content (AvgIpc) is 2.29. The van der Waals surface area contributed by atoms with Gasteiger partial charge in [0, 0.05) is 18.2 Å². The van der Waals surface area contributed by atoms with Gasteiger partial charge in [-0.15, -0.1) is 0 Å². The Morgan fingerprint density at radius 2 is 1.82 bits per heavy atom. The van der Waals surface area contributed by atoms with E-state index in [2.05, 4.69) is 24.1 Å². The first kappa shape index (κ1) is 13.7. The van der Waals surface area contributed by atoms with E-state index in [0.717, 1.165) is 0 Å². The number of nitrogens with one attached hydrogen (secondary N) is 1. The van der Waals surface area contributed by atoms with Gasteiger partial charge in [0.05, 0.1) is 0 Å². The van der Waals surface area contributed by atoms with Crippen LogP contribution < -0.4 is 5.32 Å². The van der Waals surface area contributed by atoms with E-state index < -0.39 is 0 Å². The minimum absolute atomic E-state index is 0.00176. The van der Waals surface area contributed by atoms with Crippen molar-refractivity contribution in [1.82, 2.24) is 10.2 Å². The highest BCUT2D eigenvalue weighted by atomic mass is 16.1. The van der Waals surface area contributed by atoms with E-state index in [9.17, 15) is 4.79 Å². The number of nitrogens with zero attached hydrogens (tertiary/aromatic N) is 1. The lowest BCUT2D eigenvalue weighted by Gasteiger charge is -2.28. The molecule has 3 heteroatoms. The highest BCUT2D eigenvalue weighted by Gasteiger charge is 2.16. The smallest absolute Gasteiger partial charge is 0.251 e. The summed E-state index contributed by atoms with van der Waals surface area (Å²) in [7, 11) is 4.08. The first-order valence-corrected chi connectivity index (χ1v) is 6.02. The maximum Gasteiger partial charge on any atom is 0.251 e. The molecule has 1 amide bonds. The van der Waals surface area contributed by atoms with Crippen LogP contribution in [0.15, 0.2) is 30.3 Å². The molecule has 1 rings (SSSR count). The summed E-state index contributed by atoms with van der Waals surface area (Å²) in [5.74, 6) is 0.513. The minimum atomic E-state index is -0.00176. The summed E-state index contributed by atoms with van der Waals surface area (Å²) in [6.07, 6.45) is 0. The third-order valence-electron chi connectivity index (χ3n) is 2.94. The van der Waals surface area contributed by atoms with Gasteiger partial charge in [0.15, 0.2) is 0 Å². The second kappa shape index (κ2) is 6.40. The molecule has 0 radical (unpaired) electrons. The fourth-order valence-corrected chi connectivity index (χ4v) is 1.90. The van der Waals surface area contributed by atoms with Gasteiger partial charge in [0.25, 0.3) is 5.91 Å². The van der Waals surface area contributed by atoms with Crippen molar-refractivity contribution >= 4 is 5.91 Å². The molecule has 1 aromatic carbocycles. The van der Waals surface area contributed by atoms with Crippen LogP contribution in [0.5, 0.6) is 0 Å². The van der Waals surface area contributed by atoms with Crippen LogP contribution in [0, 0.1) is 5.92 Å². The van der Waals surface area contributed by atoms with E-state index in [4.69, 9.17) is 0 Å². The van der Waals surface area contributed by atoms with E-state index in [-0.39, 0.29) is 5.91 Å². The summed E-state index contributed by atoms with van der Waals surface area (Å²) >= 11 is 0. The molecule has 0 saturated heterocycles. The topological polar surface area (TPSA) is 32.3 Å². The molecule has 1 atom stereocenters. The van der Waals surface area contributed by atoms with E-state index in [1.165, 1.54) is 0 Å². The second-order valence-electron chi connectivity index (χ2n) is 4.85. The predicted octanol–water partition coefficient (Wildman–Crippen LogP) is 2.00. The molecular formula is C14H22N2O. The highest BCUT2D eigenvalue weighted by Crippen LogP contribution is 2.06. The summed E-state index contributed by atoms with van der Waals surface area (Å²) in [6.45, 7) is 5.01. The number of likely N-dealkylation sites (N-methyl/N-ethyl adjacent to an activating group) is 1. The lowest BCUT2D eigenvalue weighted by atomic mass is 10.0. The van der Waals surface area contributed by atoms with Gasteiger partial charge in [0.2, 0.25) is 0 Å². The van der Waals surface area contributed by atoms with Gasteiger partial charge >= 0.3 is 0 Å². The van der Waals surface area contributed by atoms with Crippen molar-refractivity contribution in [3.8, 4) is 0 Å². The maximum absolute atomic E-state index is 11.9. The summed E-state index contributed by atoms with van der Waals surface area (Å²) in [6, 6.07) is 9.68. The van der Waals surface area contributed by atoms with Gasteiger partial charge in [-0.05, 0) is 32.1 Å². The second-order valence-corrected chi connectivity index (χ2v) is 4.85. The normalized spacial score (nSPS) is 12.8. The zero-order chi connectivity index (χ0) is 12.8. The van der Waals surface area contributed by atoms with Crippen LogP contribution in [0.25, 0.3) is 0 Å². The third kappa shape index (κ3) is 4.19. The van der Waals surface area contributed by atoms with E-state index in [1.807, 2.05) is 44.4 Å². The molecule has 1 unspecified atom stereocenters. The van der Waals surface area contributed by atoms with Crippen LogP contribution in [-0.2, 0) is 0 Å². The summed E-state index contributed by atoms with van der Waals surface area (Å²) in [5.41, 5.74) is 0.716. The van der Waals surface area contributed by atoms with Crippen LogP contribution in [0.2, 0.25) is 0 Å². The highest BCUT2D eigenvalue weighted by molar-refractivity contribution is 5.94. The zero-order valence-electron chi connectivity index (χ0n) is 11.1. The first-order chi connectivity index (χ1) is 8.02. The van der Waals surface area contributed by atoms with Crippen molar-refractivity contribution in [3.63, 3.8) is 0 Å². The van der Waals surface area contributed by atoms with Gasteiger partial charge in [-0.1, -0.05) is 32.0 Å². The molecular weight excluding hydrogens is 212 g/mol. The molecule has 3 nitrogen and oxygen atoms in total. The molecule has 0 spiro atoms. The Morgan fingerprint density at radius 3 is 2.29 bits per heavy atom. The van der Waals surface area contributed by atoms with Gasteiger partial charge in [0.1, 0.15) is 0 Å². The predicted molar refractivity (Wildman–Crippen MR) is 71.1 cm³/mol. The summed E-state index contributed by atoms with van der Waals surface area (Å²) in [5, 5.41) is 2.98. The first-order valence-electron chi connectivity index (χ1n) is 6.02. The van der Waals surface area contributed by atoms with Gasteiger partial charge < -0.3 is 10.2 Å². The average molecular weight is 234 g/mol. The largest absolute Gasteiger partial charge is 0.350 e. The van der Waals surface area contributed by atoms with Crippen LogP contribution >= 0.6 is 0 Å². The van der Waals surface area contributed by atoms with Crippen molar-refractivity contribution in [2.75, 3.05) is 20.6 Å². The van der Waals surface area contributed by atoms with Crippen molar-refractivity contribution in [2.45, 2.75) is 19.9 Å². The molecule has 0 fully saturated rings. The molecule has 0 aromatic heterocycles. The number of hydrogen-bond donors (Lipinski definition) is 1. The number of carbonyl (C=O) groups is 1. The molecule has 0 saturated carbocycles. The van der Waals surface area contributed by atoms with Gasteiger partial charge in [-0.25, -0.2) is 0 Å². The molecule has 17 heavy (non-hydrogen) atoms. The zero-order valence-corrected chi connectivity index (χ0v) is 11.1.